The summed E-state index contributed by atoms with van der Waals surface area (Å²) in [7, 11) is 0. The molecule has 4 heteroatoms. The van der Waals surface area contributed by atoms with Gasteiger partial charge in [-0.25, -0.2) is 9.50 Å². The van der Waals surface area contributed by atoms with Crippen molar-refractivity contribution in [2.75, 3.05) is 6.26 Å². The molecule has 0 aliphatic carbocycles. The van der Waals surface area contributed by atoms with E-state index in [0.29, 0.717) is 0 Å². The van der Waals surface area contributed by atoms with Crippen LogP contribution in [0.2, 0.25) is 0 Å². The van der Waals surface area contributed by atoms with Crippen molar-refractivity contribution in [3.05, 3.63) is 24.5 Å². The quantitative estimate of drug-likeness (QED) is 0.473. The summed E-state index contributed by atoms with van der Waals surface area (Å²) >= 11 is 1.66. The molecule has 11 heavy (non-hydrogen) atoms. The highest BCUT2D eigenvalue weighted by Gasteiger charge is 1.97. The summed E-state index contributed by atoms with van der Waals surface area (Å²) in [5.74, 6) is 0. The monoisotopic (exact) mass is 165 g/mol. The van der Waals surface area contributed by atoms with Crippen LogP contribution in [0.1, 0.15) is 0 Å². The maximum atomic E-state index is 4.14. The molecule has 0 spiro atoms. The highest BCUT2D eigenvalue weighted by atomic mass is 32.2. The molecule has 0 aromatic carbocycles. The Bertz CT molecular complexity index is 368. The zero-order chi connectivity index (χ0) is 7.68. The van der Waals surface area contributed by atoms with Gasteiger partial charge in [0.05, 0.1) is 6.20 Å². The van der Waals surface area contributed by atoms with Gasteiger partial charge >= 0.3 is 0 Å². The normalized spacial score (nSPS) is 10.6. The third kappa shape index (κ3) is 0.991. The van der Waals surface area contributed by atoms with Crippen LogP contribution < -0.4 is 0 Å². The Balaban J connectivity index is 2.79. The molecule has 0 amide bonds. The van der Waals surface area contributed by atoms with Gasteiger partial charge in [0.15, 0.2) is 5.65 Å². The maximum Gasteiger partial charge on any atom is 0.156 e. The first-order chi connectivity index (χ1) is 5.42. The smallest absolute Gasteiger partial charge is 0.156 e. The molecule has 0 atom stereocenters. The van der Waals surface area contributed by atoms with Gasteiger partial charge in [-0.15, -0.1) is 11.8 Å². The minimum atomic E-state index is 0.900. The molecule has 0 aliphatic rings. The molecule has 0 saturated heterocycles. The zero-order valence-electron chi connectivity index (χ0n) is 6.06. The molecular weight excluding hydrogens is 158 g/mol. The lowest BCUT2D eigenvalue weighted by molar-refractivity contribution is 0.844. The van der Waals surface area contributed by atoms with Crippen LogP contribution in [0.3, 0.4) is 0 Å². The van der Waals surface area contributed by atoms with Crippen LogP contribution in [0.25, 0.3) is 5.65 Å². The Morgan fingerprint density at radius 3 is 3.09 bits per heavy atom. The van der Waals surface area contributed by atoms with E-state index in [-0.39, 0.29) is 0 Å². The van der Waals surface area contributed by atoms with Gasteiger partial charge < -0.3 is 0 Å². The fraction of sp³-hybridized carbons (Fsp3) is 0.143. The highest BCUT2D eigenvalue weighted by molar-refractivity contribution is 7.98. The largest absolute Gasteiger partial charge is 0.237 e. The highest BCUT2D eigenvalue weighted by Crippen LogP contribution is 2.13. The van der Waals surface area contributed by atoms with Crippen molar-refractivity contribution in [3.8, 4) is 0 Å². The summed E-state index contributed by atoms with van der Waals surface area (Å²) in [6.45, 7) is 0. The molecule has 0 fully saturated rings. The molecule has 0 radical (unpaired) electrons. The average Bonchev–Trinajstić information content (AvgIpc) is 2.50. The Morgan fingerprint density at radius 2 is 2.27 bits per heavy atom. The molecule has 0 bridgehead atoms. The number of hydrogen-bond acceptors (Lipinski definition) is 3. The van der Waals surface area contributed by atoms with Gasteiger partial charge in [-0.1, -0.05) is 0 Å². The minimum absolute atomic E-state index is 0.900. The Hall–Kier alpha value is -1.03. The molecule has 0 aliphatic heterocycles. The molecule has 2 heterocycles. The van der Waals surface area contributed by atoms with Crippen molar-refractivity contribution >= 4 is 17.4 Å². The molecule has 56 valence electrons. The number of aromatic nitrogens is 3. The van der Waals surface area contributed by atoms with Crippen molar-refractivity contribution in [1.29, 1.82) is 0 Å². The van der Waals surface area contributed by atoms with E-state index in [9.17, 15) is 0 Å². The van der Waals surface area contributed by atoms with Gasteiger partial charge in [-0.3, -0.25) is 0 Å². The first kappa shape index (κ1) is 6.67. The van der Waals surface area contributed by atoms with E-state index in [4.69, 9.17) is 0 Å². The second-order valence-corrected chi connectivity index (χ2v) is 2.91. The SMILES string of the molecule is CSc1ccnc2ccnn12. The van der Waals surface area contributed by atoms with E-state index < -0.39 is 0 Å². The number of fused-ring (bicyclic) bond motifs is 1. The predicted molar refractivity (Wildman–Crippen MR) is 44.8 cm³/mol. The van der Waals surface area contributed by atoms with E-state index in [1.165, 1.54) is 0 Å². The van der Waals surface area contributed by atoms with Crippen molar-refractivity contribution in [2.45, 2.75) is 5.03 Å². The topological polar surface area (TPSA) is 30.2 Å². The van der Waals surface area contributed by atoms with Crippen LogP contribution in [0.5, 0.6) is 0 Å². The Kier molecular flexibility index (Phi) is 1.54. The van der Waals surface area contributed by atoms with E-state index in [0.717, 1.165) is 10.7 Å². The lowest BCUT2D eigenvalue weighted by atomic mass is 10.6. The third-order valence-electron chi connectivity index (χ3n) is 1.46. The van der Waals surface area contributed by atoms with Crippen LogP contribution in [0.15, 0.2) is 29.6 Å². The molecule has 2 aromatic rings. The fourth-order valence-corrected chi connectivity index (χ4v) is 1.48. The molecule has 0 N–H and O–H groups in total. The van der Waals surface area contributed by atoms with Crippen LogP contribution in [-0.2, 0) is 0 Å². The van der Waals surface area contributed by atoms with Crippen molar-refractivity contribution < 1.29 is 0 Å². The van der Waals surface area contributed by atoms with E-state index in [2.05, 4.69) is 10.1 Å². The van der Waals surface area contributed by atoms with Gasteiger partial charge in [0.25, 0.3) is 0 Å². The first-order valence-corrected chi connectivity index (χ1v) is 4.47. The summed E-state index contributed by atoms with van der Waals surface area (Å²) in [5, 5.41) is 5.23. The number of rotatable bonds is 1. The first-order valence-electron chi connectivity index (χ1n) is 3.24. The molecular formula is C7H7N3S. The summed E-state index contributed by atoms with van der Waals surface area (Å²) in [4.78, 5) is 4.14. The Morgan fingerprint density at radius 1 is 1.36 bits per heavy atom. The van der Waals surface area contributed by atoms with E-state index in [1.54, 1.807) is 24.2 Å². The number of hydrogen-bond donors (Lipinski definition) is 0. The van der Waals surface area contributed by atoms with Gasteiger partial charge in [0.1, 0.15) is 5.03 Å². The van der Waals surface area contributed by atoms with Gasteiger partial charge in [0, 0.05) is 12.3 Å². The maximum absolute atomic E-state index is 4.14. The molecule has 0 unspecified atom stereocenters. The molecule has 0 saturated carbocycles. The van der Waals surface area contributed by atoms with Crippen LogP contribution in [0.4, 0.5) is 0 Å². The lowest BCUT2D eigenvalue weighted by Crippen LogP contribution is -1.92. The van der Waals surface area contributed by atoms with Gasteiger partial charge in [0.2, 0.25) is 0 Å². The van der Waals surface area contributed by atoms with Crippen molar-refractivity contribution in [2.24, 2.45) is 0 Å². The number of thioether (sulfide) groups is 1. The van der Waals surface area contributed by atoms with Crippen LogP contribution in [0, 0.1) is 0 Å². The molecule has 2 rings (SSSR count). The summed E-state index contributed by atoms with van der Waals surface area (Å²) in [6.07, 6.45) is 5.57. The van der Waals surface area contributed by atoms with Crippen molar-refractivity contribution in [3.63, 3.8) is 0 Å². The fourth-order valence-electron chi connectivity index (χ4n) is 0.966. The molecule has 2 aromatic heterocycles. The summed E-state index contributed by atoms with van der Waals surface area (Å²) in [5.41, 5.74) is 0.900. The number of nitrogens with zero attached hydrogens (tertiary/aromatic N) is 3. The molecule has 3 nitrogen and oxygen atoms in total. The summed E-state index contributed by atoms with van der Waals surface area (Å²) < 4.78 is 1.82. The Labute approximate surface area is 68.4 Å². The minimum Gasteiger partial charge on any atom is -0.237 e. The third-order valence-corrected chi connectivity index (χ3v) is 2.19. The van der Waals surface area contributed by atoms with Crippen LogP contribution >= 0.6 is 11.8 Å². The van der Waals surface area contributed by atoms with E-state index >= 15 is 0 Å². The summed E-state index contributed by atoms with van der Waals surface area (Å²) in [6, 6.07) is 3.84. The standard InChI is InChI=1S/C7H7N3S/c1-11-7-3-4-8-6-2-5-9-10(6)7/h2-5H,1H3. The van der Waals surface area contributed by atoms with Gasteiger partial charge in [-0.2, -0.15) is 5.10 Å². The average molecular weight is 165 g/mol. The zero-order valence-corrected chi connectivity index (χ0v) is 6.88. The van der Waals surface area contributed by atoms with Crippen LogP contribution in [-0.4, -0.2) is 20.9 Å². The second-order valence-electron chi connectivity index (χ2n) is 2.09. The van der Waals surface area contributed by atoms with Gasteiger partial charge in [-0.05, 0) is 12.3 Å². The lowest BCUT2D eigenvalue weighted by Gasteiger charge is -1.97. The predicted octanol–water partition coefficient (Wildman–Crippen LogP) is 1.45. The second kappa shape index (κ2) is 2.54. The van der Waals surface area contributed by atoms with Crippen molar-refractivity contribution in [1.82, 2.24) is 14.6 Å². The van der Waals surface area contributed by atoms with E-state index in [1.807, 2.05) is 22.9 Å².